The number of hydrogen-bond acceptors (Lipinski definition) is 5. The first-order valence-electron chi connectivity index (χ1n) is 8.25. The molecule has 1 saturated heterocycles. The van der Waals surface area contributed by atoms with Crippen LogP contribution in [0.5, 0.6) is 6.01 Å². The first-order valence-corrected chi connectivity index (χ1v) is 8.25. The molecule has 1 unspecified atom stereocenters. The molecule has 2 aromatic rings. The first-order chi connectivity index (χ1) is 11.2. The predicted octanol–water partition coefficient (Wildman–Crippen LogP) is 2.79. The van der Waals surface area contributed by atoms with Crippen LogP contribution in [0.4, 0.5) is 0 Å². The summed E-state index contributed by atoms with van der Waals surface area (Å²) in [4.78, 5) is 15.2. The van der Waals surface area contributed by atoms with Crippen molar-refractivity contribution in [2.24, 2.45) is 0 Å². The molecule has 0 aromatic carbocycles. The summed E-state index contributed by atoms with van der Waals surface area (Å²) in [5, 5.41) is 0. The van der Waals surface area contributed by atoms with Gasteiger partial charge in [-0.25, -0.2) is 9.97 Å². The van der Waals surface area contributed by atoms with Crippen molar-refractivity contribution < 1.29 is 4.74 Å². The molecule has 1 aliphatic heterocycles. The molecule has 5 heteroatoms. The Morgan fingerprint density at radius 1 is 1.22 bits per heavy atom. The summed E-state index contributed by atoms with van der Waals surface area (Å²) >= 11 is 0. The Kier molecular flexibility index (Phi) is 5.18. The quantitative estimate of drug-likeness (QED) is 0.821. The first kappa shape index (κ1) is 15.9. The van der Waals surface area contributed by atoms with Gasteiger partial charge in [0.05, 0.1) is 7.11 Å². The summed E-state index contributed by atoms with van der Waals surface area (Å²) in [6, 6.07) is 5.39. The number of methoxy groups -OCH3 is 1. The van der Waals surface area contributed by atoms with Crippen molar-refractivity contribution in [2.75, 3.05) is 13.7 Å². The average Bonchev–Trinajstić information content (AvgIpc) is 3.01. The summed E-state index contributed by atoms with van der Waals surface area (Å²) < 4.78 is 5.02. The molecule has 1 atom stereocenters. The molecule has 1 aliphatic rings. The molecular weight excluding hydrogens is 288 g/mol. The van der Waals surface area contributed by atoms with E-state index in [1.807, 2.05) is 18.6 Å². The summed E-state index contributed by atoms with van der Waals surface area (Å²) in [5.41, 5.74) is 3.63. The molecule has 0 radical (unpaired) electrons. The van der Waals surface area contributed by atoms with Crippen molar-refractivity contribution in [3.8, 4) is 6.01 Å². The predicted molar refractivity (Wildman–Crippen MR) is 89.3 cm³/mol. The molecule has 0 aliphatic carbocycles. The minimum absolute atomic E-state index is 0.430. The smallest absolute Gasteiger partial charge is 0.316 e. The van der Waals surface area contributed by atoms with Crippen molar-refractivity contribution in [1.29, 1.82) is 0 Å². The largest absolute Gasteiger partial charge is 0.467 e. The molecule has 23 heavy (non-hydrogen) atoms. The van der Waals surface area contributed by atoms with Crippen LogP contribution in [-0.4, -0.2) is 39.5 Å². The van der Waals surface area contributed by atoms with E-state index in [0.717, 1.165) is 30.8 Å². The summed E-state index contributed by atoms with van der Waals surface area (Å²) in [6.07, 6.45) is 10.5. The minimum atomic E-state index is 0.430. The Labute approximate surface area is 137 Å². The Morgan fingerprint density at radius 3 is 2.78 bits per heavy atom. The molecule has 1 fully saturated rings. The van der Waals surface area contributed by atoms with Gasteiger partial charge in [0.2, 0.25) is 0 Å². The van der Waals surface area contributed by atoms with E-state index < -0.39 is 0 Å². The van der Waals surface area contributed by atoms with Gasteiger partial charge in [-0.3, -0.25) is 9.88 Å². The molecule has 5 nitrogen and oxygen atoms in total. The monoisotopic (exact) mass is 312 g/mol. The lowest BCUT2D eigenvalue weighted by Gasteiger charge is -2.24. The number of hydrogen-bond donors (Lipinski definition) is 0. The molecule has 122 valence electrons. The normalized spacial score (nSPS) is 18.3. The van der Waals surface area contributed by atoms with Crippen LogP contribution in [0.2, 0.25) is 0 Å². The molecule has 0 spiro atoms. The third kappa shape index (κ3) is 4.26. The Balaban J connectivity index is 1.56. The van der Waals surface area contributed by atoms with Gasteiger partial charge in [-0.15, -0.1) is 0 Å². The van der Waals surface area contributed by atoms with Gasteiger partial charge in [-0.1, -0.05) is 0 Å². The van der Waals surface area contributed by atoms with E-state index in [2.05, 4.69) is 38.9 Å². The van der Waals surface area contributed by atoms with Crippen molar-refractivity contribution in [3.05, 3.63) is 47.5 Å². The van der Waals surface area contributed by atoms with E-state index in [1.165, 1.54) is 24.8 Å². The number of ether oxygens (including phenoxy) is 1. The maximum absolute atomic E-state index is 5.02. The molecule has 2 aromatic heterocycles. The maximum atomic E-state index is 5.02. The Bertz CT molecular complexity index is 629. The van der Waals surface area contributed by atoms with Gasteiger partial charge in [-0.2, -0.15) is 0 Å². The molecule has 0 saturated carbocycles. The topological polar surface area (TPSA) is 51.1 Å². The van der Waals surface area contributed by atoms with Crippen molar-refractivity contribution in [1.82, 2.24) is 19.9 Å². The lowest BCUT2D eigenvalue weighted by molar-refractivity contribution is 0.234. The zero-order chi connectivity index (χ0) is 16.1. The number of rotatable bonds is 6. The highest BCUT2D eigenvalue weighted by Crippen LogP contribution is 2.24. The SMILES string of the molecule is COc1ncc(CN2CCCC2CCc2ccnc(C)c2)cn1. The molecule has 0 bridgehead atoms. The van der Waals surface area contributed by atoms with Crippen LogP contribution in [0.15, 0.2) is 30.7 Å². The van der Waals surface area contributed by atoms with Gasteiger partial charge in [0, 0.05) is 42.4 Å². The second kappa shape index (κ2) is 7.51. The molecule has 3 rings (SSSR count). The average molecular weight is 312 g/mol. The highest BCUT2D eigenvalue weighted by atomic mass is 16.5. The van der Waals surface area contributed by atoms with Crippen LogP contribution in [-0.2, 0) is 13.0 Å². The molecule has 0 N–H and O–H groups in total. The highest BCUT2D eigenvalue weighted by molar-refractivity contribution is 5.15. The fraction of sp³-hybridized carbons (Fsp3) is 0.500. The standard InChI is InChI=1S/C18H24N4O/c1-14-10-15(7-8-19-14)5-6-17-4-3-9-22(17)13-16-11-20-18(23-2)21-12-16/h7-8,10-12,17H,3-6,9,13H2,1-2H3. The molecule has 0 amide bonds. The van der Waals surface area contributed by atoms with Crippen molar-refractivity contribution in [3.63, 3.8) is 0 Å². The van der Waals surface area contributed by atoms with E-state index in [0.29, 0.717) is 12.1 Å². The second-order valence-corrected chi connectivity index (χ2v) is 6.19. The fourth-order valence-corrected chi connectivity index (χ4v) is 3.29. The number of aromatic nitrogens is 3. The lowest BCUT2D eigenvalue weighted by Crippen LogP contribution is -2.29. The zero-order valence-electron chi connectivity index (χ0n) is 13.9. The van der Waals surface area contributed by atoms with Crippen LogP contribution in [0.1, 0.15) is 36.1 Å². The summed E-state index contributed by atoms with van der Waals surface area (Å²) in [6.45, 7) is 4.13. The third-order valence-electron chi connectivity index (χ3n) is 4.48. The van der Waals surface area contributed by atoms with Crippen LogP contribution >= 0.6 is 0 Å². The zero-order valence-corrected chi connectivity index (χ0v) is 13.9. The van der Waals surface area contributed by atoms with E-state index in [9.17, 15) is 0 Å². The number of nitrogens with zero attached hydrogens (tertiary/aromatic N) is 4. The van der Waals surface area contributed by atoms with Crippen molar-refractivity contribution >= 4 is 0 Å². The van der Waals surface area contributed by atoms with Gasteiger partial charge in [-0.05, 0) is 56.8 Å². The van der Waals surface area contributed by atoms with E-state index in [4.69, 9.17) is 4.74 Å². The van der Waals surface area contributed by atoms with Gasteiger partial charge < -0.3 is 4.74 Å². The van der Waals surface area contributed by atoms with Crippen molar-refractivity contribution in [2.45, 2.75) is 45.2 Å². The van der Waals surface area contributed by atoms with Crippen LogP contribution in [0.25, 0.3) is 0 Å². The number of likely N-dealkylation sites (tertiary alicyclic amines) is 1. The van der Waals surface area contributed by atoms with Gasteiger partial charge >= 0.3 is 6.01 Å². The Hall–Kier alpha value is -2.01. The van der Waals surface area contributed by atoms with Crippen LogP contribution in [0, 0.1) is 6.92 Å². The summed E-state index contributed by atoms with van der Waals surface area (Å²) in [7, 11) is 1.59. The van der Waals surface area contributed by atoms with Gasteiger partial charge in [0.1, 0.15) is 0 Å². The number of aryl methyl sites for hydroxylation is 2. The Morgan fingerprint density at radius 2 is 2.04 bits per heavy atom. The lowest BCUT2D eigenvalue weighted by atomic mass is 10.0. The third-order valence-corrected chi connectivity index (χ3v) is 4.48. The fourth-order valence-electron chi connectivity index (χ4n) is 3.29. The minimum Gasteiger partial charge on any atom is -0.467 e. The summed E-state index contributed by atoms with van der Waals surface area (Å²) in [5.74, 6) is 0. The number of pyridine rings is 1. The van der Waals surface area contributed by atoms with Gasteiger partial charge in [0.15, 0.2) is 0 Å². The second-order valence-electron chi connectivity index (χ2n) is 6.19. The van der Waals surface area contributed by atoms with E-state index in [-0.39, 0.29) is 0 Å². The van der Waals surface area contributed by atoms with Crippen LogP contribution < -0.4 is 4.74 Å². The molecule has 3 heterocycles. The maximum Gasteiger partial charge on any atom is 0.316 e. The highest BCUT2D eigenvalue weighted by Gasteiger charge is 2.24. The van der Waals surface area contributed by atoms with Crippen LogP contribution in [0.3, 0.4) is 0 Å². The van der Waals surface area contributed by atoms with Gasteiger partial charge in [0.25, 0.3) is 0 Å². The van der Waals surface area contributed by atoms with E-state index in [1.54, 1.807) is 7.11 Å². The molecular formula is C18H24N4O. The van der Waals surface area contributed by atoms with E-state index >= 15 is 0 Å².